The smallest absolute Gasteiger partial charge is 0.321 e. The fourth-order valence-electron chi connectivity index (χ4n) is 6.22. The summed E-state index contributed by atoms with van der Waals surface area (Å²) in [4.78, 5) is 40.3. The van der Waals surface area contributed by atoms with Gasteiger partial charge in [0.25, 0.3) is 0 Å². The molecule has 3 aliphatic heterocycles. The molecule has 3 heterocycles. The third-order valence-electron chi connectivity index (χ3n) is 7.07. The summed E-state index contributed by atoms with van der Waals surface area (Å²) in [7, 11) is 0. The summed E-state index contributed by atoms with van der Waals surface area (Å²) in [6.07, 6.45) is 1.80. The van der Waals surface area contributed by atoms with E-state index in [1.165, 1.54) is 0 Å². The van der Waals surface area contributed by atoms with Crippen molar-refractivity contribution in [2.75, 3.05) is 0 Å². The van der Waals surface area contributed by atoms with Crippen LogP contribution < -0.4 is 5.32 Å². The molecular weight excluding hydrogens is 454 g/mol. The van der Waals surface area contributed by atoms with E-state index in [1.807, 2.05) is 13.8 Å². The molecule has 0 unspecified atom stereocenters. The second-order valence-electron chi connectivity index (χ2n) is 12.8. The minimum absolute atomic E-state index is 0.0434. The number of esters is 2. The molecule has 9 nitrogen and oxygen atoms in total. The lowest BCUT2D eigenvalue weighted by atomic mass is 9.78. The van der Waals surface area contributed by atoms with Crippen molar-refractivity contribution >= 4 is 17.8 Å². The summed E-state index contributed by atoms with van der Waals surface area (Å²) in [5, 5.41) is 3.07. The van der Waals surface area contributed by atoms with E-state index in [9.17, 15) is 14.4 Å². The SMILES string of the molecule is CC(C)(C)CC(C)(C)NC(=O)[C@H]1[C@H](C(=O)OC2CCCCC2)C(=O)O[C@@H]2[C@H]3OC(C)(C)O[C@H]3O[C@@H]21. The predicted octanol–water partition coefficient (Wildman–Crippen LogP) is 3.23. The van der Waals surface area contributed by atoms with Crippen molar-refractivity contribution in [1.82, 2.24) is 5.32 Å². The molecule has 1 N–H and O–H groups in total. The largest absolute Gasteiger partial charge is 0.462 e. The lowest BCUT2D eigenvalue weighted by Gasteiger charge is -2.40. The number of fused-ring (bicyclic) bond motifs is 3. The normalized spacial score (nSPS) is 35.1. The fourth-order valence-corrected chi connectivity index (χ4v) is 6.22. The zero-order valence-corrected chi connectivity index (χ0v) is 22.1. The average molecular weight is 496 g/mol. The van der Waals surface area contributed by atoms with Gasteiger partial charge in [-0.25, -0.2) is 0 Å². The van der Waals surface area contributed by atoms with Gasteiger partial charge in [-0.05, 0) is 65.2 Å². The second kappa shape index (κ2) is 9.30. The maximum Gasteiger partial charge on any atom is 0.321 e. The van der Waals surface area contributed by atoms with E-state index in [4.69, 9.17) is 23.7 Å². The van der Waals surface area contributed by atoms with Crippen LogP contribution in [0.4, 0.5) is 0 Å². The van der Waals surface area contributed by atoms with Gasteiger partial charge in [0.15, 0.2) is 30.2 Å². The van der Waals surface area contributed by atoms with Gasteiger partial charge >= 0.3 is 11.9 Å². The molecule has 35 heavy (non-hydrogen) atoms. The van der Waals surface area contributed by atoms with Crippen LogP contribution in [-0.4, -0.2) is 59.9 Å². The zero-order chi connectivity index (χ0) is 25.8. The lowest BCUT2D eigenvalue weighted by Crippen LogP contribution is -2.60. The summed E-state index contributed by atoms with van der Waals surface area (Å²) in [6.45, 7) is 13.6. The molecule has 6 atom stereocenters. The van der Waals surface area contributed by atoms with Gasteiger partial charge < -0.3 is 29.0 Å². The summed E-state index contributed by atoms with van der Waals surface area (Å²) >= 11 is 0. The Bertz CT molecular complexity index is 841. The van der Waals surface area contributed by atoms with Gasteiger partial charge in [0.2, 0.25) is 5.91 Å². The molecule has 0 bridgehead atoms. The molecule has 9 heteroatoms. The van der Waals surface area contributed by atoms with E-state index in [1.54, 1.807) is 13.8 Å². The number of hydrogen-bond donors (Lipinski definition) is 1. The molecule has 0 aromatic heterocycles. The number of amides is 1. The monoisotopic (exact) mass is 495 g/mol. The lowest BCUT2D eigenvalue weighted by molar-refractivity contribution is -0.238. The summed E-state index contributed by atoms with van der Waals surface area (Å²) in [6, 6.07) is 0. The number of hydrogen-bond acceptors (Lipinski definition) is 8. The molecule has 4 rings (SSSR count). The van der Waals surface area contributed by atoms with Crippen molar-refractivity contribution < 1.29 is 38.1 Å². The van der Waals surface area contributed by atoms with Crippen LogP contribution >= 0.6 is 0 Å². The van der Waals surface area contributed by atoms with Gasteiger partial charge in [-0.3, -0.25) is 14.4 Å². The summed E-state index contributed by atoms with van der Waals surface area (Å²) in [5.41, 5.74) is -0.619. The molecule has 198 valence electrons. The van der Waals surface area contributed by atoms with E-state index in [-0.39, 0.29) is 11.5 Å². The molecule has 0 spiro atoms. The number of rotatable bonds is 5. The molecule has 0 aromatic rings. The first-order chi connectivity index (χ1) is 16.2. The highest BCUT2D eigenvalue weighted by atomic mass is 16.8. The Labute approximate surface area is 207 Å². The van der Waals surface area contributed by atoms with Crippen LogP contribution in [0.15, 0.2) is 0 Å². The van der Waals surface area contributed by atoms with Crippen molar-refractivity contribution in [2.45, 2.75) is 129 Å². The molecule has 1 aliphatic carbocycles. The third kappa shape index (κ3) is 5.83. The summed E-state index contributed by atoms with van der Waals surface area (Å²) in [5.74, 6) is -5.37. The first-order valence-electron chi connectivity index (χ1n) is 12.9. The maximum absolute atomic E-state index is 13.8. The number of carbonyl (C=O) groups is 3. The van der Waals surface area contributed by atoms with Crippen LogP contribution in [0, 0.1) is 17.3 Å². The van der Waals surface area contributed by atoms with Gasteiger partial charge in [0.05, 0.1) is 5.92 Å². The quantitative estimate of drug-likeness (QED) is 0.457. The van der Waals surface area contributed by atoms with Crippen LogP contribution in [0.5, 0.6) is 0 Å². The zero-order valence-electron chi connectivity index (χ0n) is 22.1. The Balaban J connectivity index is 1.59. The van der Waals surface area contributed by atoms with Crippen LogP contribution in [0.1, 0.15) is 87.0 Å². The molecule has 3 saturated heterocycles. The Morgan fingerprint density at radius 2 is 1.66 bits per heavy atom. The van der Waals surface area contributed by atoms with Crippen LogP contribution in [0.2, 0.25) is 0 Å². The number of carbonyl (C=O) groups excluding carboxylic acids is 3. The first kappa shape index (κ1) is 26.4. The minimum atomic E-state index is -1.41. The van der Waals surface area contributed by atoms with Gasteiger partial charge in [0, 0.05) is 5.54 Å². The van der Waals surface area contributed by atoms with Gasteiger partial charge in [-0.2, -0.15) is 0 Å². The van der Waals surface area contributed by atoms with Crippen molar-refractivity contribution in [2.24, 2.45) is 17.3 Å². The highest BCUT2D eigenvalue weighted by Crippen LogP contribution is 2.45. The van der Waals surface area contributed by atoms with E-state index >= 15 is 0 Å². The number of ether oxygens (including phenoxy) is 5. The third-order valence-corrected chi connectivity index (χ3v) is 7.07. The van der Waals surface area contributed by atoms with Crippen LogP contribution in [-0.2, 0) is 38.1 Å². The predicted molar refractivity (Wildman–Crippen MR) is 125 cm³/mol. The van der Waals surface area contributed by atoms with Gasteiger partial charge in [-0.15, -0.1) is 0 Å². The second-order valence-corrected chi connectivity index (χ2v) is 12.8. The van der Waals surface area contributed by atoms with Gasteiger partial charge in [0.1, 0.15) is 12.2 Å². The molecule has 1 amide bonds. The van der Waals surface area contributed by atoms with Crippen LogP contribution in [0.25, 0.3) is 0 Å². The maximum atomic E-state index is 13.8. The minimum Gasteiger partial charge on any atom is -0.462 e. The van der Waals surface area contributed by atoms with Crippen molar-refractivity contribution in [3.05, 3.63) is 0 Å². The highest BCUT2D eigenvalue weighted by molar-refractivity contribution is 6.01. The van der Waals surface area contributed by atoms with Crippen LogP contribution in [0.3, 0.4) is 0 Å². The Morgan fingerprint density at radius 1 is 1.00 bits per heavy atom. The van der Waals surface area contributed by atoms with E-state index in [0.717, 1.165) is 32.1 Å². The Morgan fingerprint density at radius 3 is 2.29 bits per heavy atom. The highest BCUT2D eigenvalue weighted by Gasteiger charge is 2.65. The van der Waals surface area contributed by atoms with E-state index < -0.39 is 65.6 Å². The van der Waals surface area contributed by atoms with Gasteiger partial charge in [-0.1, -0.05) is 27.2 Å². The molecule has 0 radical (unpaired) electrons. The van der Waals surface area contributed by atoms with E-state index in [0.29, 0.717) is 6.42 Å². The first-order valence-corrected chi connectivity index (χ1v) is 12.9. The molecular formula is C26H41NO8. The average Bonchev–Trinajstić information content (AvgIpc) is 3.17. The molecule has 0 aromatic carbocycles. The summed E-state index contributed by atoms with van der Waals surface area (Å²) < 4.78 is 29.3. The molecule has 4 aliphatic rings. The molecule has 4 fully saturated rings. The number of nitrogens with one attached hydrogen (secondary N) is 1. The Hall–Kier alpha value is -1.71. The fraction of sp³-hybridized carbons (Fsp3) is 0.885. The molecule has 1 saturated carbocycles. The van der Waals surface area contributed by atoms with Crippen molar-refractivity contribution in [1.29, 1.82) is 0 Å². The van der Waals surface area contributed by atoms with Crippen molar-refractivity contribution in [3.8, 4) is 0 Å². The van der Waals surface area contributed by atoms with E-state index in [2.05, 4.69) is 26.1 Å². The van der Waals surface area contributed by atoms with Crippen molar-refractivity contribution in [3.63, 3.8) is 0 Å². The Kier molecular flexibility index (Phi) is 7.01. The topological polar surface area (TPSA) is 109 Å². The standard InChI is InChI=1S/C26H41NO8/c1-24(2,3)13-25(4,5)27-20(28)15-16(21(29)31-14-11-9-8-10-12-14)22(30)32-18-17(15)33-23-19(18)34-26(6,7)35-23/h14-19,23H,8-13H2,1-7H3,(H,27,28)/t15-,16+,17+,18-,19+,23+/m0/s1.